The summed E-state index contributed by atoms with van der Waals surface area (Å²) >= 11 is 0. The molecule has 0 aromatic carbocycles. The molecule has 106 valence electrons. The average molecular weight is 264 g/mol. The van der Waals surface area contributed by atoms with Crippen LogP contribution in [0.15, 0.2) is 17.2 Å². The first kappa shape index (κ1) is 14.1. The Morgan fingerprint density at radius 3 is 3.16 bits per heavy atom. The van der Waals surface area contributed by atoms with Crippen LogP contribution in [0.3, 0.4) is 0 Å². The summed E-state index contributed by atoms with van der Waals surface area (Å²) in [4.78, 5) is 18.5. The van der Waals surface area contributed by atoms with Crippen LogP contribution in [0.1, 0.15) is 26.2 Å². The van der Waals surface area contributed by atoms with E-state index >= 15 is 0 Å². The lowest BCUT2D eigenvalue weighted by molar-refractivity contribution is 0.390. The second kappa shape index (κ2) is 6.70. The van der Waals surface area contributed by atoms with Crippen molar-refractivity contribution < 1.29 is 0 Å². The number of hydrogen-bond donors (Lipinski definition) is 1. The topological polar surface area (TPSA) is 50.2 Å². The molecule has 1 unspecified atom stereocenters. The van der Waals surface area contributed by atoms with Gasteiger partial charge >= 0.3 is 0 Å². The second-order valence-electron chi connectivity index (χ2n) is 5.33. The van der Waals surface area contributed by atoms with Crippen molar-refractivity contribution in [2.45, 2.75) is 26.2 Å². The van der Waals surface area contributed by atoms with Gasteiger partial charge in [0.25, 0.3) is 5.56 Å². The Balaban J connectivity index is 2.00. The summed E-state index contributed by atoms with van der Waals surface area (Å²) < 4.78 is 1.60. The van der Waals surface area contributed by atoms with E-state index in [0.29, 0.717) is 11.7 Å². The van der Waals surface area contributed by atoms with E-state index in [1.165, 1.54) is 6.42 Å². The van der Waals surface area contributed by atoms with Crippen molar-refractivity contribution in [1.82, 2.24) is 14.9 Å². The van der Waals surface area contributed by atoms with Crippen LogP contribution in [0.25, 0.3) is 0 Å². The summed E-state index contributed by atoms with van der Waals surface area (Å²) in [6.45, 7) is 6.16. The van der Waals surface area contributed by atoms with Crippen LogP contribution in [0, 0.1) is 5.92 Å². The lowest BCUT2D eigenvalue weighted by Gasteiger charge is -2.33. The molecule has 0 bridgehead atoms. The number of aryl methyl sites for hydroxylation is 1. The quantitative estimate of drug-likeness (QED) is 0.806. The number of hydrogen-bond acceptors (Lipinski definition) is 4. The molecule has 5 nitrogen and oxygen atoms in total. The highest BCUT2D eigenvalue weighted by Gasteiger charge is 2.22. The molecule has 2 rings (SSSR count). The van der Waals surface area contributed by atoms with E-state index in [1.54, 1.807) is 24.0 Å². The standard InChI is InChI=1S/C14H24N4O/c1-3-6-15-10-12-5-4-8-18(11-12)13-14(19)17(2)9-7-16-13/h7,9,12,15H,3-6,8,10-11H2,1-2H3. The van der Waals surface area contributed by atoms with Gasteiger partial charge in [-0.2, -0.15) is 0 Å². The Hall–Kier alpha value is -1.36. The zero-order valence-corrected chi connectivity index (χ0v) is 11.9. The van der Waals surface area contributed by atoms with Gasteiger partial charge in [0.1, 0.15) is 0 Å². The number of anilines is 1. The number of nitrogens with one attached hydrogen (secondary N) is 1. The van der Waals surface area contributed by atoms with E-state index in [-0.39, 0.29) is 5.56 Å². The Bertz CT molecular complexity index is 457. The Labute approximate surface area is 114 Å². The molecule has 0 saturated carbocycles. The van der Waals surface area contributed by atoms with Crippen LogP contribution in [-0.4, -0.2) is 35.7 Å². The van der Waals surface area contributed by atoms with Gasteiger partial charge in [0.15, 0.2) is 5.82 Å². The summed E-state index contributed by atoms with van der Waals surface area (Å²) in [5, 5.41) is 3.47. The van der Waals surface area contributed by atoms with Gasteiger partial charge in [-0.1, -0.05) is 6.92 Å². The van der Waals surface area contributed by atoms with Crippen molar-refractivity contribution in [1.29, 1.82) is 0 Å². The minimum atomic E-state index is 0.00432. The highest BCUT2D eigenvalue weighted by molar-refractivity contribution is 5.36. The Morgan fingerprint density at radius 2 is 2.37 bits per heavy atom. The Kier molecular flexibility index (Phi) is 4.96. The SMILES string of the molecule is CCCNCC1CCCN(c2nccn(C)c2=O)C1. The van der Waals surface area contributed by atoms with Crippen molar-refractivity contribution in [2.24, 2.45) is 13.0 Å². The second-order valence-corrected chi connectivity index (χ2v) is 5.33. The predicted molar refractivity (Wildman–Crippen MR) is 77.6 cm³/mol. The molecule has 2 heterocycles. The summed E-state index contributed by atoms with van der Waals surface area (Å²) in [6, 6.07) is 0. The van der Waals surface area contributed by atoms with Crippen LogP contribution in [0.2, 0.25) is 0 Å². The zero-order valence-electron chi connectivity index (χ0n) is 11.9. The molecule has 5 heteroatoms. The van der Waals surface area contributed by atoms with Crippen LogP contribution in [0.5, 0.6) is 0 Å². The van der Waals surface area contributed by atoms with Gasteiger partial charge < -0.3 is 14.8 Å². The molecule has 0 aliphatic carbocycles. The van der Waals surface area contributed by atoms with Crippen molar-refractivity contribution in [3.8, 4) is 0 Å². The zero-order chi connectivity index (χ0) is 13.7. The van der Waals surface area contributed by atoms with Gasteiger partial charge in [0, 0.05) is 32.5 Å². The molecule has 1 aliphatic rings. The fourth-order valence-corrected chi connectivity index (χ4v) is 2.61. The third-order valence-corrected chi connectivity index (χ3v) is 3.68. The van der Waals surface area contributed by atoms with E-state index < -0.39 is 0 Å². The first-order chi connectivity index (χ1) is 9.22. The van der Waals surface area contributed by atoms with Crippen LogP contribution in [0.4, 0.5) is 5.82 Å². The van der Waals surface area contributed by atoms with Gasteiger partial charge in [-0.05, 0) is 38.3 Å². The van der Waals surface area contributed by atoms with Gasteiger partial charge in [0.2, 0.25) is 0 Å². The predicted octanol–water partition coefficient (Wildman–Crippen LogP) is 0.996. The molecule has 1 atom stereocenters. The minimum absolute atomic E-state index is 0.00432. The fraction of sp³-hybridized carbons (Fsp3) is 0.714. The molecule has 0 radical (unpaired) electrons. The molecule has 19 heavy (non-hydrogen) atoms. The highest BCUT2D eigenvalue weighted by Crippen LogP contribution is 2.18. The van der Waals surface area contributed by atoms with Crippen LogP contribution < -0.4 is 15.8 Å². The first-order valence-corrected chi connectivity index (χ1v) is 7.19. The van der Waals surface area contributed by atoms with Crippen molar-refractivity contribution >= 4 is 5.82 Å². The van der Waals surface area contributed by atoms with Crippen molar-refractivity contribution in [3.63, 3.8) is 0 Å². The van der Waals surface area contributed by atoms with E-state index in [2.05, 4.69) is 22.1 Å². The Morgan fingerprint density at radius 1 is 1.53 bits per heavy atom. The minimum Gasteiger partial charge on any atom is -0.352 e. The van der Waals surface area contributed by atoms with Crippen LogP contribution in [-0.2, 0) is 7.05 Å². The highest BCUT2D eigenvalue weighted by atomic mass is 16.1. The van der Waals surface area contributed by atoms with Crippen LogP contribution >= 0.6 is 0 Å². The molecule has 1 aromatic rings. The molecular weight excluding hydrogens is 240 g/mol. The molecule has 1 fully saturated rings. The molecular formula is C14H24N4O. The lowest BCUT2D eigenvalue weighted by atomic mass is 9.98. The molecule has 1 aromatic heterocycles. The average Bonchev–Trinajstić information content (AvgIpc) is 2.43. The van der Waals surface area contributed by atoms with E-state index in [1.807, 2.05) is 0 Å². The summed E-state index contributed by atoms with van der Waals surface area (Å²) in [6.07, 6.45) is 6.95. The molecule has 0 amide bonds. The largest absolute Gasteiger partial charge is 0.352 e. The number of rotatable bonds is 5. The van der Waals surface area contributed by atoms with E-state index in [0.717, 1.165) is 39.0 Å². The number of nitrogens with zero attached hydrogens (tertiary/aromatic N) is 3. The molecule has 0 spiro atoms. The fourth-order valence-electron chi connectivity index (χ4n) is 2.61. The normalized spacial score (nSPS) is 19.7. The molecule has 1 N–H and O–H groups in total. The first-order valence-electron chi connectivity index (χ1n) is 7.19. The monoisotopic (exact) mass is 264 g/mol. The maximum Gasteiger partial charge on any atom is 0.293 e. The number of aromatic nitrogens is 2. The summed E-state index contributed by atoms with van der Waals surface area (Å²) in [5.74, 6) is 1.22. The van der Waals surface area contributed by atoms with Gasteiger partial charge in [-0.25, -0.2) is 4.98 Å². The number of piperidine rings is 1. The van der Waals surface area contributed by atoms with E-state index in [4.69, 9.17) is 0 Å². The van der Waals surface area contributed by atoms with Gasteiger partial charge in [-0.3, -0.25) is 4.79 Å². The summed E-state index contributed by atoms with van der Waals surface area (Å²) in [5.41, 5.74) is 0.00432. The molecule has 1 aliphatic heterocycles. The van der Waals surface area contributed by atoms with Crippen molar-refractivity contribution in [2.75, 3.05) is 31.1 Å². The van der Waals surface area contributed by atoms with Gasteiger partial charge in [-0.15, -0.1) is 0 Å². The third-order valence-electron chi connectivity index (χ3n) is 3.68. The maximum atomic E-state index is 12.1. The third kappa shape index (κ3) is 3.56. The van der Waals surface area contributed by atoms with Gasteiger partial charge in [0.05, 0.1) is 0 Å². The maximum absolute atomic E-state index is 12.1. The lowest BCUT2D eigenvalue weighted by Crippen LogP contribution is -2.43. The van der Waals surface area contributed by atoms with Crippen molar-refractivity contribution in [3.05, 3.63) is 22.7 Å². The van der Waals surface area contributed by atoms with E-state index in [9.17, 15) is 4.79 Å². The smallest absolute Gasteiger partial charge is 0.293 e. The summed E-state index contributed by atoms with van der Waals surface area (Å²) in [7, 11) is 1.78. The molecule has 1 saturated heterocycles.